The standard InChI is InChI=1S/C29H41FN6O6/c1-20(2)17-35(24-15-21(18-34(19-24)29(39)40)27(37)33-10-13-42-14-11-33)28(38)26-25(9-4-5-12-41-3)36(32-31-26)23-8-6-7-22(30)16-23/h6-8,16,20-21,24H,4-5,9-15,17-19H2,1-3H3,(H,39,40)/t21-,24+/m1/s1. The summed E-state index contributed by atoms with van der Waals surface area (Å²) < 4.78 is 26.2. The second-order valence-corrected chi connectivity index (χ2v) is 11.3. The fourth-order valence-electron chi connectivity index (χ4n) is 5.65. The third kappa shape index (κ3) is 7.62. The monoisotopic (exact) mass is 588 g/mol. The van der Waals surface area contributed by atoms with E-state index in [-0.39, 0.29) is 36.5 Å². The number of likely N-dealkylation sites (tertiary alicyclic amines) is 1. The van der Waals surface area contributed by atoms with E-state index in [2.05, 4.69) is 10.3 Å². The molecule has 2 aliphatic rings. The highest BCUT2D eigenvalue weighted by atomic mass is 19.1. The van der Waals surface area contributed by atoms with Gasteiger partial charge in [-0.3, -0.25) is 9.59 Å². The van der Waals surface area contributed by atoms with Crippen molar-refractivity contribution >= 4 is 17.9 Å². The molecule has 4 rings (SSSR count). The number of methoxy groups -OCH3 is 1. The molecule has 1 N–H and O–H groups in total. The van der Waals surface area contributed by atoms with Gasteiger partial charge in [-0.15, -0.1) is 5.10 Å². The number of halogens is 1. The summed E-state index contributed by atoms with van der Waals surface area (Å²) >= 11 is 0. The molecule has 0 aliphatic carbocycles. The van der Waals surface area contributed by atoms with Gasteiger partial charge in [0.1, 0.15) is 5.82 Å². The van der Waals surface area contributed by atoms with E-state index in [0.29, 0.717) is 70.1 Å². The van der Waals surface area contributed by atoms with Gasteiger partial charge in [-0.05, 0) is 49.8 Å². The molecule has 3 heterocycles. The maximum absolute atomic E-state index is 14.3. The van der Waals surface area contributed by atoms with E-state index < -0.39 is 23.9 Å². The lowest BCUT2D eigenvalue weighted by Gasteiger charge is -2.43. The normalized spacial score (nSPS) is 19.3. The van der Waals surface area contributed by atoms with Crippen molar-refractivity contribution in [1.29, 1.82) is 0 Å². The van der Waals surface area contributed by atoms with Crippen LogP contribution in [-0.2, 0) is 20.7 Å². The molecule has 0 spiro atoms. The predicted octanol–water partition coefficient (Wildman–Crippen LogP) is 2.70. The van der Waals surface area contributed by atoms with Crippen LogP contribution in [0.5, 0.6) is 0 Å². The Morgan fingerprint density at radius 3 is 2.60 bits per heavy atom. The molecule has 2 saturated heterocycles. The molecule has 0 radical (unpaired) electrons. The van der Waals surface area contributed by atoms with Crippen molar-refractivity contribution in [2.24, 2.45) is 11.8 Å². The lowest BCUT2D eigenvalue weighted by atomic mass is 9.91. The van der Waals surface area contributed by atoms with E-state index in [1.807, 2.05) is 13.8 Å². The van der Waals surface area contributed by atoms with Crippen molar-refractivity contribution in [3.63, 3.8) is 0 Å². The summed E-state index contributed by atoms with van der Waals surface area (Å²) in [5.41, 5.74) is 1.13. The maximum atomic E-state index is 14.3. The number of piperidine rings is 1. The van der Waals surface area contributed by atoms with Gasteiger partial charge < -0.3 is 29.3 Å². The fourth-order valence-corrected chi connectivity index (χ4v) is 5.65. The topological polar surface area (TPSA) is 130 Å². The summed E-state index contributed by atoms with van der Waals surface area (Å²) in [5, 5.41) is 18.5. The highest BCUT2D eigenvalue weighted by Crippen LogP contribution is 2.27. The largest absolute Gasteiger partial charge is 0.465 e. The van der Waals surface area contributed by atoms with Crippen LogP contribution in [0.1, 0.15) is 49.3 Å². The molecule has 3 amide bonds. The number of carboxylic acid groups (broad SMARTS) is 1. The van der Waals surface area contributed by atoms with Gasteiger partial charge in [0.2, 0.25) is 5.91 Å². The summed E-state index contributed by atoms with van der Waals surface area (Å²) in [6.07, 6.45) is 1.09. The Hall–Kier alpha value is -3.58. The Balaban J connectivity index is 1.67. The highest BCUT2D eigenvalue weighted by Gasteiger charge is 2.41. The molecule has 2 fully saturated rings. The minimum absolute atomic E-state index is 0.0611. The molecule has 2 aliphatic heterocycles. The summed E-state index contributed by atoms with van der Waals surface area (Å²) in [5.74, 6) is -1.47. The van der Waals surface area contributed by atoms with E-state index in [0.717, 1.165) is 6.42 Å². The third-order valence-corrected chi connectivity index (χ3v) is 7.67. The number of aromatic nitrogens is 3. The first-order chi connectivity index (χ1) is 20.2. The quantitative estimate of drug-likeness (QED) is 0.397. The lowest BCUT2D eigenvalue weighted by Crippen LogP contribution is -2.58. The average Bonchev–Trinajstić information content (AvgIpc) is 3.41. The number of amides is 3. The summed E-state index contributed by atoms with van der Waals surface area (Å²) in [6.45, 7) is 6.80. The third-order valence-electron chi connectivity index (χ3n) is 7.67. The van der Waals surface area contributed by atoms with Crippen molar-refractivity contribution < 1.29 is 33.4 Å². The number of carbonyl (C=O) groups is 3. The van der Waals surface area contributed by atoms with Crippen LogP contribution in [0.4, 0.5) is 9.18 Å². The fraction of sp³-hybridized carbons (Fsp3) is 0.621. The van der Waals surface area contributed by atoms with Crippen molar-refractivity contribution in [3.05, 3.63) is 41.5 Å². The molecule has 0 saturated carbocycles. The van der Waals surface area contributed by atoms with Gasteiger partial charge in [0, 0.05) is 46.4 Å². The van der Waals surface area contributed by atoms with Crippen LogP contribution in [-0.4, -0.2) is 118 Å². The zero-order chi connectivity index (χ0) is 30.2. The van der Waals surface area contributed by atoms with Crippen LogP contribution < -0.4 is 0 Å². The molecular weight excluding hydrogens is 547 g/mol. The molecule has 1 aromatic heterocycles. The van der Waals surface area contributed by atoms with E-state index >= 15 is 0 Å². The molecule has 13 heteroatoms. The van der Waals surface area contributed by atoms with Gasteiger partial charge in [0.25, 0.3) is 5.91 Å². The molecule has 1 aromatic carbocycles. The van der Waals surface area contributed by atoms with Gasteiger partial charge in [-0.1, -0.05) is 25.1 Å². The smallest absolute Gasteiger partial charge is 0.407 e. The predicted molar refractivity (Wildman–Crippen MR) is 151 cm³/mol. The van der Waals surface area contributed by atoms with Crippen molar-refractivity contribution in [2.75, 3.05) is 59.7 Å². The van der Waals surface area contributed by atoms with Gasteiger partial charge >= 0.3 is 6.09 Å². The SMILES string of the molecule is COCCCCc1c(C(=O)N(CC(C)C)[C@H]2C[C@@H](C(=O)N3CCOCC3)CN(C(=O)O)C2)nnn1-c1cccc(F)c1. The first-order valence-corrected chi connectivity index (χ1v) is 14.5. The average molecular weight is 589 g/mol. The first kappa shape index (κ1) is 31.4. The minimum atomic E-state index is -1.13. The Labute approximate surface area is 245 Å². The van der Waals surface area contributed by atoms with Gasteiger partial charge in [-0.2, -0.15) is 0 Å². The number of unbranched alkanes of at least 4 members (excludes halogenated alkanes) is 1. The summed E-state index contributed by atoms with van der Waals surface area (Å²) in [7, 11) is 1.62. The first-order valence-electron chi connectivity index (χ1n) is 14.5. The molecule has 12 nitrogen and oxygen atoms in total. The van der Waals surface area contributed by atoms with Gasteiger partial charge in [0.05, 0.1) is 36.6 Å². The second kappa shape index (κ2) is 14.5. The van der Waals surface area contributed by atoms with Gasteiger partial charge in [0.15, 0.2) is 5.69 Å². The Kier molecular flexibility index (Phi) is 10.9. The summed E-state index contributed by atoms with van der Waals surface area (Å²) in [6, 6.07) is 5.40. The van der Waals surface area contributed by atoms with Crippen LogP contribution in [0.2, 0.25) is 0 Å². The minimum Gasteiger partial charge on any atom is -0.465 e. The van der Waals surface area contributed by atoms with Crippen molar-refractivity contribution in [2.45, 2.75) is 45.6 Å². The Morgan fingerprint density at radius 2 is 1.93 bits per heavy atom. The molecule has 0 bridgehead atoms. The molecule has 42 heavy (non-hydrogen) atoms. The highest BCUT2D eigenvalue weighted by molar-refractivity contribution is 5.94. The molecule has 0 unspecified atom stereocenters. The Bertz CT molecular complexity index is 1230. The molecular formula is C29H41FN6O6. The summed E-state index contributed by atoms with van der Waals surface area (Å²) in [4.78, 5) is 44.5. The van der Waals surface area contributed by atoms with Crippen LogP contribution in [0.25, 0.3) is 5.69 Å². The van der Waals surface area contributed by atoms with Crippen LogP contribution >= 0.6 is 0 Å². The van der Waals surface area contributed by atoms with E-state index in [1.54, 1.807) is 29.0 Å². The van der Waals surface area contributed by atoms with Crippen LogP contribution in [0, 0.1) is 17.7 Å². The number of hydrogen-bond acceptors (Lipinski definition) is 7. The molecule has 2 atom stereocenters. The number of ether oxygens (including phenoxy) is 2. The molecule has 230 valence electrons. The van der Waals surface area contributed by atoms with E-state index in [1.165, 1.54) is 21.7 Å². The second-order valence-electron chi connectivity index (χ2n) is 11.3. The number of hydrogen-bond donors (Lipinski definition) is 1. The zero-order valence-corrected chi connectivity index (χ0v) is 24.6. The van der Waals surface area contributed by atoms with Gasteiger partial charge in [-0.25, -0.2) is 13.9 Å². The van der Waals surface area contributed by atoms with Crippen LogP contribution in [0.3, 0.4) is 0 Å². The number of carbonyl (C=O) groups excluding carboxylic acids is 2. The molecule has 2 aromatic rings. The van der Waals surface area contributed by atoms with Crippen molar-refractivity contribution in [1.82, 2.24) is 29.7 Å². The number of morpholine rings is 1. The number of rotatable bonds is 11. The van der Waals surface area contributed by atoms with Crippen molar-refractivity contribution in [3.8, 4) is 5.69 Å². The Morgan fingerprint density at radius 1 is 1.17 bits per heavy atom. The maximum Gasteiger partial charge on any atom is 0.407 e. The van der Waals surface area contributed by atoms with E-state index in [9.17, 15) is 23.9 Å². The number of benzene rings is 1. The zero-order valence-electron chi connectivity index (χ0n) is 24.6. The van der Waals surface area contributed by atoms with E-state index in [4.69, 9.17) is 9.47 Å². The van der Waals surface area contributed by atoms with Crippen LogP contribution in [0.15, 0.2) is 24.3 Å². The lowest BCUT2D eigenvalue weighted by molar-refractivity contribution is -0.142. The number of nitrogens with zero attached hydrogens (tertiary/aromatic N) is 6.